The van der Waals surface area contributed by atoms with Crippen LogP contribution in [0.5, 0.6) is 0 Å². The van der Waals surface area contributed by atoms with E-state index in [2.05, 4.69) is 24.1 Å². The molecule has 0 aromatic rings. The number of unbranched alkanes of at least 4 members (excludes halogenated alkanes) is 2. The van der Waals surface area contributed by atoms with E-state index in [1.807, 2.05) is 0 Å². The third-order valence-corrected chi connectivity index (χ3v) is 1.75. The molecule has 0 fully saturated rings. The fourth-order valence-corrected chi connectivity index (χ4v) is 0.949. The van der Waals surface area contributed by atoms with Gasteiger partial charge in [-0.3, -0.25) is 0 Å². The van der Waals surface area contributed by atoms with E-state index < -0.39 is 0 Å². The van der Waals surface area contributed by atoms with Crippen molar-refractivity contribution in [3.05, 3.63) is 0 Å². The lowest BCUT2D eigenvalue weighted by molar-refractivity contribution is 0.565. The summed E-state index contributed by atoms with van der Waals surface area (Å²) >= 11 is 0. The summed E-state index contributed by atoms with van der Waals surface area (Å²) < 4.78 is 0. The van der Waals surface area contributed by atoms with Crippen molar-refractivity contribution in [3.63, 3.8) is 0 Å². The molecule has 1 heteroatoms. The molecule has 1 atom stereocenters. The van der Waals surface area contributed by atoms with E-state index in [0.29, 0.717) is 0 Å². The van der Waals surface area contributed by atoms with Crippen LogP contribution in [0.1, 0.15) is 32.6 Å². The van der Waals surface area contributed by atoms with E-state index >= 15 is 0 Å². The van der Waals surface area contributed by atoms with E-state index in [-0.39, 0.29) is 6.04 Å². The van der Waals surface area contributed by atoms with Gasteiger partial charge in [-0.05, 0) is 25.8 Å². The Morgan fingerprint density at radius 2 is 2.08 bits per heavy atom. The minimum Gasteiger partial charge on any atom is -0.304 e. The molecule has 0 radical (unpaired) electrons. The monoisotopic (exact) mass is 163 g/mol. The van der Waals surface area contributed by atoms with Crippen LogP contribution in [-0.2, 0) is 0 Å². The Hall–Kier alpha value is -0.920. The average Bonchev–Trinajstić information content (AvgIpc) is 2.11. The Morgan fingerprint density at radius 3 is 2.58 bits per heavy atom. The first-order valence-corrected chi connectivity index (χ1v) is 4.48. The van der Waals surface area contributed by atoms with Crippen LogP contribution in [0, 0.1) is 24.7 Å². The molecule has 0 aliphatic rings. The van der Waals surface area contributed by atoms with Gasteiger partial charge in [-0.1, -0.05) is 12.8 Å². The highest BCUT2D eigenvalue weighted by Crippen LogP contribution is 1.93. The summed E-state index contributed by atoms with van der Waals surface area (Å²) in [6.07, 6.45) is 14.5. The molecule has 0 aromatic heterocycles. The molecule has 0 aliphatic heterocycles. The number of rotatable bonds is 6. The van der Waals surface area contributed by atoms with Crippen LogP contribution in [0.15, 0.2) is 0 Å². The quantitative estimate of drug-likeness (QED) is 0.465. The molecule has 0 aromatic carbocycles. The second kappa shape index (κ2) is 8.18. The van der Waals surface area contributed by atoms with Gasteiger partial charge in [0.05, 0.1) is 6.04 Å². The van der Waals surface area contributed by atoms with Gasteiger partial charge >= 0.3 is 0 Å². The van der Waals surface area contributed by atoms with Crippen molar-refractivity contribution >= 4 is 0 Å². The second-order valence-corrected chi connectivity index (χ2v) is 2.74. The van der Waals surface area contributed by atoms with Crippen molar-refractivity contribution in [2.24, 2.45) is 0 Å². The van der Waals surface area contributed by atoms with Gasteiger partial charge in [-0.2, -0.15) is 0 Å². The lowest BCUT2D eigenvalue weighted by atomic mass is 10.2. The van der Waals surface area contributed by atoms with Gasteiger partial charge in [-0.25, -0.2) is 0 Å². The molecule has 1 N–H and O–H groups in total. The zero-order valence-corrected chi connectivity index (χ0v) is 7.77. The molecule has 0 spiro atoms. The Kier molecular flexibility index (Phi) is 7.55. The first-order chi connectivity index (χ1) is 5.85. The van der Waals surface area contributed by atoms with Gasteiger partial charge in [0.25, 0.3) is 0 Å². The van der Waals surface area contributed by atoms with E-state index in [1.54, 1.807) is 0 Å². The minimum absolute atomic E-state index is 0.232. The van der Waals surface area contributed by atoms with Gasteiger partial charge < -0.3 is 5.32 Å². The maximum atomic E-state index is 5.28. The number of hydrogen-bond donors (Lipinski definition) is 1. The van der Waals surface area contributed by atoms with Crippen LogP contribution in [0.3, 0.4) is 0 Å². The van der Waals surface area contributed by atoms with Gasteiger partial charge in [0, 0.05) is 6.42 Å². The summed E-state index contributed by atoms with van der Waals surface area (Å²) in [5.41, 5.74) is 0. The molecule has 1 nitrogen and oxygen atoms in total. The van der Waals surface area contributed by atoms with E-state index in [1.165, 1.54) is 0 Å². The van der Waals surface area contributed by atoms with Gasteiger partial charge in [0.2, 0.25) is 0 Å². The predicted molar refractivity (Wildman–Crippen MR) is 53.6 cm³/mol. The third kappa shape index (κ3) is 5.83. The molecule has 0 aliphatic carbocycles. The van der Waals surface area contributed by atoms with Crippen molar-refractivity contribution < 1.29 is 0 Å². The van der Waals surface area contributed by atoms with Crippen molar-refractivity contribution in [3.8, 4) is 24.7 Å². The lowest BCUT2D eigenvalue weighted by Gasteiger charge is -2.09. The molecule has 0 heterocycles. The molecular formula is C11H17N. The first-order valence-electron chi connectivity index (χ1n) is 4.48. The molecule has 0 saturated carbocycles. The topological polar surface area (TPSA) is 12.0 Å². The zero-order chi connectivity index (χ0) is 9.23. The van der Waals surface area contributed by atoms with Crippen LogP contribution in [-0.4, -0.2) is 12.6 Å². The molecule has 12 heavy (non-hydrogen) atoms. The maximum absolute atomic E-state index is 5.28. The molecule has 0 saturated heterocycles. The fraction of sp³-hybridized carbons (Fsp3) is 0.636. The second-order valence-electron chi connectivity index (χ2n) is 2.74. The Balaban J connectivity index is 3.20. The van der Waals surface area contributed by atoms with Crippen LogP contribution in [0.4, 0.5) is 0 Å². The van der Waals surface area contributed by atoms with E-state index in [4.69, 9.17) is 12.8 Å². The van der Waals surface area contributed by atoms with Crippen LogP contribution >= 0.6 is 0 Å². The number of hydrogen-bond acceptors (Lipinski definition) is 1. The van der Waals surface area contributed by atoms with Gasteiger partial charge in [0.15, 0.2) is 0 Å². The van der Waals surface area contributed by atoms with Crippen molar-refractivity contribution in [1.82, 2.24) is 5.32 Å². The minimum atomic E-state index is 0.232. The average molecular weight is 163 g/mol. The molecular weight excluding hydrogens is 146 g/mol. The Morgan fingerprint density at radius 1 is 1.33 bits per heavy atom. The van der Waals surface area contributed by atoms with Gasteiger partial charge in [-0.15, -0.1) is 18.8 Å². The normalized spacial score (nSPS) is 11.6. The molecule has 0 amide bonds. The molecule has 0 bridgehead atoms. The van der Waals surface area contributed by atoms with E-state index in [9.17, 15) is 0 Å². The summed E-state index contributed by atoms with van der Waals surface area (Å²) in [5, 5.41) is 3.27. The summed E-state index contributed by atoms with van der Waals surface area (Å²) in [5.74, 6) is 5.31. The van der Waals surface area contributed by atoms with Crippen LogP contribution in [0.2, 0.25) is 0 Å². The number of nitrogens with one attached hydrogen (secondary N) is 1. The summed E-state index contributed by atoms with van der Waals surface area (Å²) in [7, 11) is 0. The molecule has 66 valence electrons. The standard InChI is InChI=1S/C11H17N/c1-4-7-8-9-10-12-11(5-2)6-3/h1-2,11-12H,6-10H2,3H3. The van der Waals surface area contributed by atoms with Crippen LogP contribution < -0.4 is 5.32 Å². The number of terminal acetylenes is 2. The summed E-state index contributed by atoms with van der Waals surface area (Å²) in [6.45, 7) is 3.06. The van der Waals surface area contributed by atoms with E-state index in [0.717, 1.165) is 32.2 Å². The highest BCUT2D eigenvalue weighted by molar-refractivity contribution is 4.97. The van der Waals surface area contributed by atoms with Crippen molar-refractivity contribution in [1.29, 1.82) is 0 Å². The maximum Gasteiger partial charge on any atom is 0.0684 e. The SMILES string of the molecule is C#CCCCCNC(C#C)CC. The smallest absolute Gasteiger partial charge is 0.0684 e. The molecule has 0 rings (SSSR count). The van der Waals surface area contributed by atoms with Crippen molar-refractivity contribution in [2.75, 3.05) is 6.54 Å². The Bertz CT molecular complexity index is 170. The highest BCUT2D eigenvalue weighted by atomic mass is 14.9. The third-order valence-electron chi connectivity index (χ3n) is 1.75. The zero-order valence-electron chi connectivity index (χ0n) is 7.77. The summed E-state index contributed by atoms with van der Waals surface area (Å²) in [4.78, 5) is 0. The van der Waals surface area contributed by atoms with Gasteiger partial charge in [0.1, 0.15) is 0 Å². The lowest BCUT2D eigenvalue weighted by Crippen LogP contribution is -2.27. The fourth-order valence-electron chi connectivity index (χ4n) is 0.949. The highest BCUT2D eigenvalue weighted by Gasteiger charge is 1.97. The Labute approximate surface area is 75.9 Å². The first kappa shape index (κ1) is 11.1. The van der Waals surface area contributed by atoms with Crippen molar-refractivity contribution in [2.45, 2.75) is 38.6 Å². The summed E-state index contributed by atoms with van der Waals surface area (Å²) in [6, 6.07) is 0.232. The predicted octanol–water partition coefficient (Wildman–Crippen LogP) is 1.79. The van der Waals surface area contributed by atoms with Crippen LogP contribution in [0.25, 0.3) is 0 Å². The largest absolute Gasteiger partial charge is 0.304 e. The molecule has 1 unspecified atom stereocenters.